The fourth-order valence-corrected chi connectivity index (χ4v) is 4.17. The Morgan fingerprint density at radius 1 is 0.929 bits per heavy atom. The Bertz CT molecular complexity index is 979. The Balaban J connectivity index is 1.85. The highest BCUT2D eigenvalue weighted by molar-refractivity contribution is 5.87. The van der Waals surface area contributed by atoms with Crippen LogP contribution >= 0.6 is 0 Å². The van der Waals surface area contributed by atoms with Crippen molar-refractivity contribution in [1.29, 1.82) is 0 Å². The van der Waals surface area contributed by atoms with Gasteiger partial charge in [0.1, 0.15) is 0 Å². The maximum atomic E-state index is 11.2. The molecule has 0 bridgehead atoms. The van der Waals surface area contributed by atoms with Gasteiger partial charge in [-0.2, -0.15) is 0 Å². The fraction of sp³-hybridized carbons (Fsp3) is 0.320. The van der Waals surface area contributed by atoms with E-state index in [2.05, 4.69) is 48.7 Å². The van der Waals surface area contributed by atoms with Crippen LogP contribution in [0, 0.1) is 0 Å². The lowest BCUT2D eigenvalue weighted by molar-refractivity contribution is 0.0697. The van der Waals surface area contributed by atoms with E-state index in [1.807, 2.05) is 12.1 Å². The molecule has 0 saturated heterocycles. The molecule has 0 amide bonds. The average molecular weight is 373 g/mol. The monoisotopic (exact) mass is 373 g/mol. The van der Waals surface area contributed by atoms with Gasteiger partial charge >= 0.3 is 5.97 Å². The highest BCUT2D eigenvalue weighted by Gasteiger charge is 2.19. The Hall–Kier alpha value is -2.81. The van der Waals surface area contributed by atoms with Crippen LogP contribution < -0.4 is 0 Å². The molecule has 1 aliphatic rings. The van der Waals surface area contributed by atoms with Crippen LogP contribution in [0.4, 0.5) is 0 Å². The summed E-state index contributed by atoms with van der Waals surface area (Å²) in [5.74, 6) is -0.372. The quantitative estimate of drug-likeness (QED) is 0.550. The van der Waals surface area contributed by atoms with Crippen LogP contribution in [0.1, 0.15) is 66.2 Å². The van der Waals surface area contributed by atoms with E-state index in [1.54, 1.807) is 12.1 Å². The van der Waals surface area contributed by atoms with Crippen molar-refractivity contribution in [2.75, 3.05) is 0 Å². The molecule has 0 aliphatic heterocycles. The smallest absolute Gasteiger partial charge is 0.335 e. The van der Waals surface area contributed by atoms with Crippen molar-refractivity contribution >= 4 is 5.97 Å². The van der Waals surface area contributed by atoms with Crippen molar-refractivity contribution in [3.05, 3.63) is 77.0 Å². The highest BCUT2D eigenvalue weighted by Crippen LogP contribution is 2.34. The fourth-order valence-electron chi connectivity index (χ4n) is 4.17. The summed E-state index contributed by atoms with van der Waals surface area (Å²) >= 11 is 0. The van der Waals surface area contributed by atoms with E-state index < -0.39 is 5.97 Å². The zero-order chi connectivity index (χ0) is 19.7. The van der Waals surface area contributed by atoms with Gasteiger partial charge < -0.3 is 9.67 Å². The van der Waals surface area contributed by atoms with E-state index in [1.165, 1.54) is 47.3 Å². The third kappa shape index (κ3) is 3.49. The van der Waals surface area contributed by atoms with Gasteiger partial charge in [-0.25, -0.2) is 4.79 Å². The number of aryl methyl sites for hydroxylation is 1. The molecule has 0 spiro atoms. The van der Waals surface area contributed by atoms with Crippen molar-refractivity contribution in [3.63, 3.8) is 0 Å². The Kier molecular flexibility index (Phi) is 5.08. The van der Waals surface area contributed by atoms with Crippen LogP contribution in [-0.2, 0) is 12.8 Å². The van der Waals surface area contributed by atoms with Crippen LogP contribution in [0.2, 0.25) is 0 Å². The molecule has 1 aliphatic carbocycles. The van der Waals surface area contributed by atoms with Gasteiger partial charge in [0.05, 0.1) is 11.3 Å². The maximum absolute atomic E-state index is 11.2. The number of carbonyl (C=O) groups is 1. The van der Waals surface area contributed by atoms with Crippen LogP contribution in [0.15, 0.2) is 54.6 Å². The molecular weight excluding hydrogens is 346 g/mol. The van der Waals surface area contributed by atoms with Gasteiger partial charge in [0.15, 0.2) is 0 Å². The molecule has 0 fully saturated rings. The first-order chi connectivity index (χ1) is 13.5. The number of benzene rings is 2. The summed E-state index contributed by atoms with van der Waals surface area (Å²) in [7, 11) is 0. The number of carboxylic acids is 1. The zero-order valence-corrected chi connectivity index (χ0v) is 16.6. The summed E-state index contributed by atoms with van der Waals surface area (Å²) in [5, 5.41) is 9.23. The summed E-state index contributed by atoms with van der Waals surface area (Å²) in [6.45, 7) is 4.42. The molecule has 2 aromatic carbocycles. The maximum Gasteiger partial charge on any atom is 0.335 e. The van der Waals surface area contributed by atoms with Gasteiger partial charge in [-0.15, -0.1) is 0 Å². The highest BCUT2D eigenvalue weighted by atomic mass is 16.4. The molecular formula is C25H27NO2. The van der Waals surface area contributed by atoms with Crippen LogP contribution in [0.5, 0.6) is 0 Å². The molecule has 0 atom stereocenters. The lowest BCUT2D eigenvalue weighted by atomic mass is 10.0. The van der Waals surface area contributed by atoms with Crippen LogP contribution in [0.25, 0.3) is 16.9 Å². The summed E-state index contributed by atoms with van der Waals surface area (Å²) in [5.41, 5.74) is 7.92. The molecule has 3 heteroatoms. The van der Waals surface area contributed by atoms with Crippen LogP contribution in [0.3, 0.4) is 0 Å². The zero-order valence-electron chi connectivity index (χ0n) is 16.6. The molecule has 28 heavy (non-hydrogen) atoms. The minimum atomic E-state index is -0.887. The van der Waals surface area contributed by atoms with Gasteiger partial charge in [0.2, 0.25) is 0 Å². The predicted molar refractivity (Wildman–Crippen MR) is 114 cm³/mol. The Labute approximate surface area is 166 Å². The molecule has 4 rings (SSSR count). The topological polar surface area (TPSA) is 42.2 Å². The molecule has 144 valence electrons. The van der Waals surface area contributed by atoms with Gasteiger partial charge in [-0.1, -0.05) is 44.5 Å². The van der Waals surface area contributed by atoms with Crippen LogP contribution in [-0.4, -0.2) is 15.6 Å². The third-order valence-corrected chi connectivity index (χ3v) is 5.80. The number of hydrogen-bond acceptors (Lipinski definition) is 1. The second-order valence-electron chi connectivity index (χ2n) is 8.03. The van der Waals surface area contributed by atoms with Crippen molar-refractivity contribution in [3.8, 4) is 16.9 Å². The third-order valence-electron chi connectivity index (χ3n) is 5.80. The van der Waals surface area contributed by atoms with Gasteiger partial charge in [-0.05, 0) is 78.6 Å². The van der Waals surface area contributed by atoms with E-state index >= 15 is 0 Å². The number of aromatic nitrogens is 1. The molecule has 3 nitrogen and oxygen atoms in total. The molecule has 1 N–H and O–H groups in total. The van der Waals surface area contributed by atoms with Crippen molar-refractivity contribution in [1.82, 2.24) is 4.57 Å². The van der Waals surface area contributed by atoms with E-state index in [0.29, 0.717) is 11.5 Å². The van der Waals surface area contributed by atoms with E-state index in [4.69, 9.17) is 0 Å². The summed E-state index contributed by atoms with van der Waals surface area (Å²) in [6.07, 6.45) is 5.90. The van der Waals surface area contributed by atoms with Crippen molar-refractivity contribution in [2.24, 2.45) is 0 Å². The molecule has 1 aromatic heterocycles. The van der Waals surface area contributed by atoms with Gasteiger partial charge in [0, 0.05) is 11.4 Å². The minimum absolute atomic E-state index is 0.324. The van der Waals surface area contributed by atoms with Crippen molar-refractivity contribution in [2.45, 2.75) is 51.9 Å². The normalized spacial score (nSPS) is 14.0. The number of nitrogens with zero attached hydrogens (tertiary/aromatic N) is 1. The number of rotatable bonds is 4. The number of hydrogen-bond donors (Lipinski definition) is 1. The molecule has 0 unspecified atom stereocenters. The van der Waals surface area contributed by atoms with Gasteiger partial charge in [0.25, 0.3) is 0 Å². The SMILES string of the molecule is CC(C)c1ccc(-c2cc3c(n2-c2ccc(C(=O)O)cc2)CCCCC3)cc1. The lowest BCUT2D eigenvalue weighted by Gasteiger charge is -2.15. The van der Waals surface area contributed by atoms with E-state index in [9.17, 15) is 9.90 Å². The first kappa shape index (κ1) is 18.5. The molecule has 0 saturated carbocycles. The first-order valence-electron chi connectivity index (χ1n) is 10.2. The first-order valence-corrected chi connectivity index (χ1v) is 10.2. The van der Waals surface area contributed by atoms with Gasteiger partial charge in [-0.3, -0.25) is 0 Å². The minimum Gasteiger partial charge on any atom is -0.478 e. The lowest BCUT2D eigenvalue weighted by Crippen LogP contribution is -2.04. The Morgan fingerprint density at radius 3 is 2.25 bits per heavy atom. The van der Waals surface area contributed by atoms with E-state index in [0.717, 1.165) is 18.5 Å². The largest absolute Gasteiger partial charge is 0.478 e. The molecule has 3 aromatic rings. The number of fused-ring (bicyclic) bond motifs is 1. The van der Waals surface area contributed by atoms with E-state index in [-0.39, 0.29) is 0 Å². The van der Waals surface area contributed by atoms with Crippen molar-refractivity contribution < 1.29 is 9.90 Å². The second-order valence-corrected chi connectivity index (χ2v) is 8.03. The Morgan fingerprint density at radius 2 is 1.61 bits per heavy atom. The number of aromatic carboxylic acids is 1. The summed E-state index contributed by atoms with van der Waals surface area (Å²) < 4.78 is 2.34. The molecule has 1 heterocycles. The molecule has 0 radical (unpaired) electrons. The average Bonchev–Trinajstić information content (AvgIpc) is 2.90. The summed E-state index contributed by atoms with van der Waals surface area (Å²) in [4.78, 5) is 11.2. The standard InChI is InChI=1S/C25H27NO2/c1-17(2)18-8-10-19(11-9-18)24-16-21-6-4-3-5-7-23(21)26(24)22-14-12-20(13-15-22)25(27)28/h8-17H,3-7H2,1-2H3,(H,27,28). The number of carboxylic acid groups (broad SMARTS) is 1. The predicted octanol–water partition coefficient (Wildman–Crippen LogP) is 6.23. The second kappa shape index (κ2) is 7.67. The summed E-state index contributed by atoms with van der Waals surface area (Å²) in [6, 6.07) is 18.5.